The van der Waals surface area contributed by atoms with Gasteiger partial charge in [-0.25, -0.2) is 8.42 Å². The van der Waals surface area contributed by atoms with Gasteiger partial charge in [0.2, 0.25) is 11.8 Å². The van der Waals surface area contributed by atoms with Crippen molar-refractivity contribution in [2.75, 3.05) is 17.4 Å². The Morgan fingerprint density at radius 1 is 0.830 bits per heavy atom. The molecule has 0 spiro atoms. The zero-order valence-electron chi connectivity index (χ0n) is 24.8. The van der Waals surface area contributed by atoms with Crippen molar-refractivity contribution in [3.05, 3.63) is 129 Å². The minimum atomic E-state index is -4.93. The molecule has 0 saturated carbocycles. The van der Waals surface area contributed by atoms with Gasteiger partial charge in [0.05, 0.1) is 21.2 Å². The van der Waals surface area contributed by atoms with Crippen LogP contribution < -0.4 is 9.62 Å². The van der Waals surface area contributed by atoms with E-state index in [0.717, 1.165) is 17.0 Å². The minimum absolute atomic E-state index is 0.0189. The van der Waals surface area contributed by atoms with Gasteiger partial charge in [-0.2, -0.15) is 13.2 Å². The average Bonchev–Trinajstić information content (AvgIpc) is 3.03. The number of amides is 2. The highest BCUT2D eigenvalue weighted by molar-refractivity contribution is 7.92. The lowest BCUT2D eigenvalue weighted by Crippen LogP contribution is -2.53. The maximum absolute atomic E-state index is 14.4. The van der Waals surface area contributed by atoms with Gasteiger partial charge in [0.25, 0.3) is 10.0 Å². The Kier molecular flexibility index (Phi) is 11.8. The summed E-state index contributed by atoms with van der Waals surface area (Å²) in [5.74, 6) is -1.45. The first-order chi connectivity index (χ1) is 22.2. The lowest BCUT2D eigenvalue weighted by Gasteiger charge is -2.34. The molecule has 47 heavy (non-hydrogen) atoms. The summed E-state index contributed by atoms with van der Waals surface area (Å²) in [4.78, 5) is 28.9. The molecule has 4 aromatic rings. The van der Waals surface area contributed by atoms with Gasteiger partial charge in [-0.1, -0.05) is 89.4 Å². The normalized spacial score (nSPS) is 12.3. The standard InChI is InChI=1S/C33H29Cl3F3N3O4S/c1-2-40-32(44)30(18-22-10-5-3-6-11-22)41(20-25-27(34)14-9-15-28(25)35)31(43)21-42(47(45,46)24-12-7-4-8-13-24)23-16-17-29(36)26(19-23)33(37,38)39/h3-17,19,30H,2,18,20-21H2,1H3,(H,40,44)/t30-/m1/s1. The smallest absolute Gasteiger partial charge is 0.355 e. The lowest BCUT2D eigenvalue weighted by atomic mass is 10.0. The third-order valence-corrected chi connectivity index (χ3v) is 9.99. The monoisotopic (exact) mass is 725 g/mol. The second-order valence-corrected chi connectivity index (χ2v) is 13.4. The molecule has 1 atom stereocenters. The van der Waals surface area contributed by atoms with Crippen molar-refractivity contribution in [3.63, 3.8) is 0 Å². The fraction of sp³-hybridized carbons (Fsp3) is 0.212. The number of nitrogens with zero attached hydrogens (tertiary/aromatic N) is 2. The quantitative estimate of drug-likeness (QED) is 0.163. The van der Waals surface area contributed by atoms with Crippen LogP contribution in [0.15, 0.2) is 102 Å². The molecule has 1 N–H and O–H groups in total. The van der Waals surface area contributed by atoms with E-state index < -0.39 is 56.9 Å². The molecule has 4 rings (SSSR count). The number of halogens is 6. The molecule has 0 aromatic heterocycles. The predicted molar refractivity (Wildman–Crippen MR) is 177 cm³/mol. The number of likely N-dealkylation sites (N-methyl/N-ethyl adjacent to an activating group) is 1. The average molecular weight is 727 g/mol. The molecular weight excluding hydrogens is 698 g/mol. The molecule has 0 saturated heterocycles. The van der Waals surface area contributed by atoms with Crippen molar-refractivity contribution in [3.8, 4) is 0 Å². The number of sulfonamides is 1. The van der Waals surface area contributed by atoms with E-state index in [9.17, 15) is 31.2 Å². The zero-order chi connectivity index (χ0) is 34.4. The van der Waals surface area contributed by atoms with Gasteiger partial charge >= 0.3 is 6.18 Å². The number of hydrogen-bond acceptors (Lipinski definition) is 4. The van der Waals surface area contributed by atoms with Crippen molar-refractivity contribution < 1.29 is 31.2 Å². The fourth-order valence-corrected chi connectivity index (χ4v) is 7.00. The van der Waals surface area contributed by atoms with Crippen LogP contribution in [0.5, 0.6) is 0 Å². The van der Waals surface area contributed by atoms with Crippen LogP contribution in [0.2, 0.25) is 15.1 Å². The van der Waals surface area contributed by atoms with E-state index in [4.69, 9.17) is 34.8 Å². The van der Waals surface area contributed by atoms with Gasteiger partial charge < -0.3 is 10.2 Å². The summed E-state index contributed by atoms with van der Waals surface area (Å²) in [6.45, 7) is 0.614. The van der Waals surface area contributed by atoms with Crippen LogP contribution in [0.25, 0.3) is 0 Å². The van der Waals surface area contributed by atoms with Crippen LogP contribution in [0, 0.1) is 0 Å². The van der Waals surface area contributed by atoms with E-state index in [1.54, 1.807) is 61.5 Å². The lowest BCUT2D eigenvalue weighted by molar-refractivity contribution is -0.140. The first-order valence-corrected chi connectivity index (χ1v) is 16.8. The summed E-state index contributed by atoms with van der Waals surface area (Å²) >= 11 is 18.8. The Morgan fingerprint density at radius 3 is 2.00 bits per heavy atom. The van der Waals surface area contributed by atoms with Crippen molar-refractivity contribution in [2.45, 2.75) is 37.0 Å². The molecule has 7 nitrogen and oxygen atoms in total. The Balaban J connectivity index is 1.88. The topological polar surface area (TPSA) is 86.8 Å². The van der Waals surface area contributed by atoms with E-state index >= 15 is 0 Å². The van der Waals surface area contributed by atoms with Crippen LogP contribution >= 0.6 is 34.8 Å². The van der Waals surface area contributed by atoms with Crippen LogP contribution in [-0.2, 0) is 38.8 Å². The van der Waals surface area contributed by atoms with Gasteiger partial charge in [-0.05, 0) is 55.0 Å². The van der Waals surface area contributed by atoms with E-state index in [1.807, 2.05) is 0 Å². The van der Waals surface area contributed by atoms with Crippen molar-refractivity contribution in [1.82, 2.24) is 10.2 Å². The molecule has 0 unspecified atom stereocenters. The van der Waals surface area contributed by atoms with Gasteiger partial charge in [0, 0.05) is 35.1 Å². The fourth-order valence-electron chi connectivity index (χ4n) is 4.83. The molecule has 0 radical (unpaired) electrons. The van der Waals surface area contributed by atoms with Crippen LogP contribution in [-0.4, -0.2) is 44.3 Å². The Morgan fingerprint density at radius 2 is 1.43 bits per heavy atom. The summed E-state index contributed by atoms with van der Waals surface area (Å²) in [7, 11) is -4.64. The number of carbonyl (C=O) groups excluding carboxylic acids is 2. The number of alkyl halides is 3. The van der Waals surface area contributed by atoms with E-state index in [2.05, 4.69) is 5.32 Å². The molecule has 0 fully saturated rings. The third-order valence-electron chi connectivity index (χ3n) is 7.17. The molecule has 4 aromatic carbocycles. The molecule has 0 heterocycles. The van der Waals surface area contributed by atoms with Gasteiger partial charge in [-0.3, -0.25) is 13.9 Å². The highest BCUT2D eigenvalue weighted by Gasteiger charge is 2.38. The summed E-state index contributed by atoms with van der Waals surface area (Å²) in [5, 5.41) is 2.44. The molecule has 14 heteroatoms. The number of rotatable bonds is 12. The van der Waals surface area contributed by atoms with Crippen LogP contribution in [0.4, 0.5) is 18.9 Å². The van der Waals surface area contributed by atoms with Gasteiger partial charge in [0.15, 0.2) is 0 Å². The second kappa shape index (κ2) is 15.4. The maximum atomic E-state index is 14.4. The number of anilines is 1. The number of hydrogen-bond donors (Lipinski definition) is 1. The van der Waals surface area contributed by atoms with Crippen LogP contribution in [0.1, 0.15) is 23.6 Å². The molecule has 248 valence electrons. The largest absolute Gasteiger partial charge is 0.417 e. The summed E-state index contributed by atoms with van der Waals surface area (Å²) < 4.78 is 70.3. The zero-order valence-corrected chi connectivity index (χ0v) is 27.9. The van der Waals surface area contributed by atoms with Gasteiger partial charge in [0.1, 0.15) is 12.6 Å². The SMILES string of the molecule is CCNC(=O)[C@@H](Cc1ccccc1)N(Cc1c(Cl)cccc1Cl)C(=O)CN(c1ccc(Cl)c(C(F)(F)F)c1)S(=O)(=O)c1ccccc1. The van der Waals surface area contributed by atoms with Gasteiger partial charge in [-0.15, -0.1) is 0 Å². The predicted octanol–water partition coefficient (Wildman–Crippen LogP) is 7.64. The van der Waals surface area contributed by atoms with Crippen molar-refractivity contribution >= 4 is 62.3 Å². The molecule has 0 aliphatic carbocycles. The van der Waals surface area contributed by atoms with Crippen LogP contribution in [0.3, 0.4) is 0 Å². The first kappa shape index (κ1) is 36.1. The Labute approximate surface area is 285 Å². The maximum Gasteiger partial charge on any atom is 0.417 e. The van der Waals surface area contributed by atoms with E-state index in [0.29, 0.717) is 15.9 Å². The highest BCUT2D eigenvalue weighted by Crippen LogP contribution is 2.38. The summed E-state index contributed by atoms with van der Waals surface area (Å²) in [6, 6.07) is 21.8. The Hall–Kier alpha value is -3.77. The second-order valence-electron chi connectivity index (χ2n) is 10.3. The van der Waals surface area contributed by atoms with E-state index in [1.165, 1.54) is 24.3 Å². The molecular formula is C33H29Cl3F3N3O4S. The molecule has 0 bridgehead atoms. The Bertz CT molecular complexity index is 1810. The number of carbonyl (C=O) groups is 2. The minimum Gasteiger partial charge on any atom is -0.355 e. The number of benzene rings is 4. The number of nitrogens with one attached hydrogen (secondary N) is 1. The molecule has 2 amide bonds. The third kappa shape index (κ3) is 8.78. The van der Waals surface area contributed by atoms with Crippen molar-refractivity contribution in [1.29, 1.82) is 0 Å². The van der Waals surface area contributed by atoms with E-state index in [-0.39, 0.29) is 40.0 Å². The van der Waals surface area contributed by atoms with Crippen molar-refractivity contribution in [2.24, 2.45) is 0 Å². The summed E-state index contributed by atoms with van der Waals surface area (Å²) in [6.07, 6.45) is -4.91. The summed E-state index contributed by atoms with van der Waals surface area (Å²) in [5.41, 5.74) is -0.781. The molecule has 0 aliphatic rings. The first-order valence-electron chi connectivity index (χ1n) is 14.2. The molecule has 0 aliphatic heterocycles. The highest BCUT2D eigenvalue weighted by atomic mass is 35.5.